The highest BCUT2D eigenvalue weighted by Crippen LogP contribution is 2.26. The number of halogens is 1. The molecule has 1 aliphatic heterocycles. The molecule has 142 valence electrons. The van der Waals surface area contributed by atoms with Gasteiger partial charge in [-0.1, -0.05) is 55.8 Å². The predicted molar refractivity (Wildman–Crippen MR) is 109 cm³/mol. The summed E-state index contributed by atoms with van der Waals surface area (Å²) in [4.78, 5) is 27.6. The van der Waals surface area contributed by atoms with Crippen LogP contribution in [0.5, 0.6) is 0 Å². The van der Waals surface area contributed by atoms with Crippen LogP contribution in [0.4, 0.5) is 5.69 Å². The molecule has 2 aromatic carbocycles. The van der Waals surface area contributed by atoms with Crippen molar-refractivity contribution in [3.8, 4) is 0 Å². The molecule has 5 heteroatoms. The molecule has 3 rings (SSSR count). The Morgan fingerprint density at radius 2 is 1.89 bits per heavy atom. The maximum atomic E-state index is 13.0. The van der Waals surface area contributed by atoms with Crippen LogP contribution in [0.1, 0.15) is 37.0 Å². The Morgan fingerprint density at radius 1 is 1.19 bits per heavy atom. The van der Waals surface area contributed by atoms with Crippen molar-refractivity contribution in [1.29, 1.82) is 0 Å². The fourth-order valence-corrected chi connectivity index (χ4v) is 3.56. The van der Waals surface area contributed by atoms with Crippen LogP contribution in [0, 0.1) is 12.8 Å². The van der Waals surface area contributed by atoms with Gasteiger partial charge in [-0.2, -0.15) is 0 Å². The van der Waals surface area contributed by atoms with E-state index in [-0.39, 0.29) is 17.7 Å². The van der Waals surface area contributed by atoms with Crippen molar-refractivity contribution >= 4 is 29.1 Å². The van der Waals surface area contributed by atoms with Gasteiger partial charge in [0.1, 0.15) is 6.04 Å². The number of fused-ring (bicyclic) bond motifs is 1. The van der Waals surface area contributed by atoms with E-state index in [1.54, 1.807) is 11.0 Å². The molecule has 1 unspecified atom stereocenters. The van der Waals surface area contributed by atoms with E-state index in [9.17, 15) is 9.59 Å². The second-order valence-corrected chi connectivity index (χ2v) is 7.97. The van der Waals surface area contributed by atoms with E-state index in [0.29, 0.717) is 30.1 Å². The van der Waals surface area contributed by atoms with Crippen LogP contribution in [0.2, 0.25) is 5.02 Å². The van der Waals surface area contributed by atoms with Crippen molar-refractivity contribution in [2.75, 3.05) is 5.32 Å². The topological polar surface area (TPSA) is 49.4 Å². The maximum Gasteiger partial charge on any atom is 0.247 e. The lowest BCUT2D eigenvalue weighted by Crippen LogP contribution is -2.50. The quantitative estimate of drug-likeness (QED) is 0.838. The molecule has 0 aromatic heterocycles. The van der Waals surface area contributed by atoms with Crippen LogP contribution >= 0.6 is 11.6 Å². The van der Waals surface area contributed by atoms with Crippen molar-refractivity contribution in [2.45, 2.75) is 46.2 Å². The molecule has 0 saturated heterocycles. The van der Waals surface area contributed by atoms with E-state index < -0.39 is 6.04 Å². The molecule has 1 atom stereocenters. The highest BCUT2D eigenvalue weighted by molar-refractivity contribution is 6.31. The first-order chi connectivity index (χ1) is 12.8. The average molecular weight is 385 g/mol. The molecule has 1 heterocycles. The van der Waals surface area contributed by atoms with Gasteiger partial charge in [0.25, 0.3) is 0 Å². The van der Waals surface area contributed by atoms with Crippen LogP contribution in [0.25, 0.3) is 0 Å². The summed E-state index contributed by atoms with van der Waals surface area (Å²) in [6.45, 7) is 6.41. The number of nitrogens with one attached hydrogen (secondary N) is 1. The summed E-state index contributed by atoms with van der Waals surface area (Å²) in [5.74, 6) is 0.0809. The van der Waals surface area contributed by atoms with Gasteiger partial charge in [-0.15, -0.1) is 0 Å². The highest BCUT2D eigenvalue weighted by Gasteiger charge is 2.34. The molecule has 0 radical (unpaired) electrons. The number of hydrogen-bond donors (Lipinski definition) is 1. The number of nitrogens with zero attached hydrogens (tertiary/aromatic N) is 1. The van der Waals surface area contributed by atoms with E-state index in [2.05, 4.69) is 5.32 Å². The Labute approximate surface area is 165 Å². The zero-order chi connectivity index (χ0) is 19.6. The van der Waals surface area contributed by atoms with Gasteiger partial charge >= 0.3 is 0 Å². The van der Waals surface area contributed by atoms with Gasteiger partial charge in [-0.3, -0.25) is 9.59 Å². The van der Waals surface area contributed by atoms with E-state index in [1.165, 1.54) is 0 Å². The molecule has 0 bridgehead atoms. The lowest BCUT2D eigenvalue weighted by Gasteiger charge is -2.36. The summed E-state index contributed by atoms with van der Waals surface area (Å²) in [7, 11) is 0. The van der Waals surface area contributed by atoms with Gasteiger partial charge in [-0.25, -0.2) is 0 Å². The summed E-state index contributed by atoms with van der Waals surface area (Å²) in [6, 6.07) is 12.9. The monoisotopic (exact) mass is 384 g/mol. The normalized spacial score (nSPS) is 16.2. The van der Waals surface area contributed by atoms with Crippen LogP contribution in [0.3, 0.4) is 0 Å². The van der Waals surface area contributed by atoms with Crippen LogP contribution in [-0.4, -0.2) is 22.8 Å². The third-order valence-electron chi connectivity index (χ3n) is 4.89. The Bertz CT molecular complexity index is 863. The van der Waals surface area contributed by atoms with Crippen molar-refractivity contribution in [3.05, 3.63) is 64.2 Å². The van der Waals surface area contributed by atoms with Crippen molar-refractivity contribution in [3.63, 3.8) is 0 Å². The van der Waals surface area contributed by atoms with Gasteiger partial charge in [0.15, 0.2) is 0 Å². The Balaban J connectivity index is 1.85. The standard InChI is InChI=1S/C22H25ClN2O2/c1-14(2)10-21(26)25-13-17-7-5-4-6-16(17)11-20(25)22(27)24-18-9-8-15(3)19(23)12-18/h4-9,12,14,20H,10-11,13H2,1-3H3,(H,24,27). The Morgan fingerprint density at radius 3 is 2.56 bits per heavy atom. The minimum atomic E-state index is -0.522. The molecule has 2 aromatic rings. The van der Waals surface area contributed by atoms with Crippen LogP contribution in [-0.2, 0) is 22.6 Å². The van der Waals surface area contributed by atoms with Gasteiger partial charge in [-0.05, 0) is 41.7 Å². The molecule has 4 nitrogen and oxygen atoms in total. The fourth-order valence-electron chi connectivity index (χ4n) is 3.38. The van der Waals surface area contributed by atoms with Gasteiger partial charge in [0.2, 0.25) is 11.8 Å². The summed E-state index contributed by atoms with van der Waals surface area (Å²) in [6.07, 6.45) is 0.952. The second kappa shape index (κ2) is 8.13. The van der Waals surface area contributed by atoms with Gasteiger partial charge in [0.05, 0.1) is 0 Å². The first-order valence-electron chi connectivity index (χ1n) is 9.28. The molecule has 2 amide bonds. The number of anilines is 1. The van der Waals surface area contributed by atoms with E-state index in [0.717, 1.165) is 16.7 Å². The minimum Gasteiger partial charge on any atom is -0.326 e. The molecular formula is C22H25ClN2O2. The second-order valence-electron chi connectivity index (χ2n) is 7.56. The first-order valence-corrected chi connectivity index (χ1v) is 9.66. The lowest BCUT2D eigenvalue weighted by molar-refractivity contribution is -0.140. The Hall–Kier alpha value is -2.33. The molecule has 1 N–H and O–H groups in total. The SMILES string of the molecule is Cc1ccc(NC(=O)C2Cc3ccccc3CN2C(=O)CC(C)C)cc1Cl. The number of aryl methyl sites for hydroxylation is 1. The molecule has 0 spiro atoms. The lowest BCUT2D eigenvalue weighted by atomic mass is 9.92. The van der Waals surface area contributed by atoms with E-state index in [1.807, 2.05) is 57.2 Å². The number of carbonyl (C=O) groups is 2. The number of hydrogen-bond acceptors (Lipinski definition) is 2. The highest BCUT2D eigenvalue weighted by atomic mass is 35.5. The minimum absolute atomic E-state index is 0.0154. The number of amides is 2. The third-order valence-corrected chi connectivity index (χ3v) is 5.30. The number of benzene rings is 2. The zero-order valence-electron chi connectivity index (χ0n) is 16.0. The van der Waals surface area contributed by atoms with Crippen LogP contribution in [0.15, 0.2) is 42.5 Å². The summed E-state index contributed by atoms with van der Waals surface area (Å²) < 4.78 is 0. The maximum absolute atomic E-state index is 13.0. The van der Waals surface area contributed by atoms with E-state index in [4.69, 9.17) is 11.6 Å². The number of rotatable bonds is 4. The Kier molecular flexibility index (Phi) is 5.85. The zero-order valence-corrected chi connectivity index (χ0v) is 16.7. The van der Waals surface area contributed by atoms with Gasteiger partial charge in [0, 0.05) is 30.1 Å². The molecule has 1 aliphatic rings. The summed E-state index contributed by atoms with van der Waals surface area (Å²) in [5, 5.41) is 3.54. The molecule has 27 heavy (non-hydrogen) atoms. The molecule has 0 aliphatic carbocycles. The molecule has 0 fully saturated rings. The smallest absolute Gasteiger partial charge is 0.247 e. The van der Waals surface area contributed by atoms with Crippen molar-refractivity contribution in [2.24, 2.45) is 5.92 Å². The third kappa shape index (κ3) is 4.51. The summed E-state index contributed by atoms with van der Waals surface area (Å²) in [5.41, 5.74) is 3.82. The van der Waals surface area contributed by atoms with Gasteiger partial charge < -0.3 is 10.2 Å². The van der Waals surface area contributed by atoms with E-state index >= 15 is 0 Å². The summed E-state index contributed by atoms with van der Waals surface area (Å²) >= 11 is 6.17. The molecule has 0 saturated carbocycles. The largest absolute Gasteiger partial charge is 0.326 e. The fraction of sp³-hybridized carbons (Fsp3) is 0.364. The van der Waals surface area contributed by atoms with Crippen molar-refractivity contribution < 1.29 is 9.59 Å². The first kappa shape index (κ1) is 19.4. The van der Waals surface area contributed by atoms with Crippen molar-refractivity contribution in [1.82, 2.24) is 4.90 Å². The van der Waals surface area contributed by atoms with Crippen LogP contribution < -0.4 is 5.32 Å². The number of carbonyl (C=O) groups excluding carboxylic acids is 2. The predicted octanol–water partition coefficient (Wildman–Crippen LogP) is 4.59. The molecular weight excluding hydrogens is 360 g/mol. The average Bonchev–Trinajstić information content (AvgIpc) is 2.63.